The minimum absolute atomic E-state index is 0.00425. The van der Waals surface area contributed by atoms with Crippen molar-refractivity contribution in [3.8, 4) is 11.5 Å². The monoisotopic (exact) mass is 327 g/mol. The van der Waals surface area contributed by atoms with Crippen LogP contribution in [-0.2, 0) is 9.84 Å². The predicted molar refractivity (Wildman–Crippen MR) is 82.8 cm³/mol. The van der Waals surface area contributed by atoms with Crippen LogP contribution in [0.4, 0.5) is 0 Å². The van der Waals surface area contributed by atoms with Crippen LogP contribution in [0.25, 0.3) is 0 Å². The van der Waals surface area contributed by atoms with E-state index in [1.165, 1.54) is 25.6 Å². The number of rotatable bonds is 6. The lowest BCUT2D eigenvalue weighted by Gasteiger charge is -2.17. The molecule has 0 unspecified atom stereocenters. The lowest BCUT2D eigenvalue weighted by Crippen LogP contribution is -2.21. The molecule has 2 N–H and O–H groups in total. The van der Waals surface area contributed by atoms with Crippen LogP contribution in [0.15, 0.2) is 39.9 Å². The van der Waals surface area contributed by atoms with Gasteiger partial charge in [-0.2, -0.15) is 0 Å². The zero-order chi connectivity index (χ0) is 15.5. The van der Waals surface area contributed by atoms with E-state index in [0.29, 0.717) is 21.3 Å². The Labute approximate surface area is 128 Å². The van der Waals surface area contributed by atoms with Gasteiger partial charge in [-0.3, -0.25) is 0 Å². The number of hydrogen-bond donors (Lipinski definition) is 1. The fourth-order valence-corrected chi connectivity index (χ4v) is 4.87. The molecular formula is C14H17NO4S2. The summed E-state index contributed by atoms with van der Waals surface area (Å²) in [6, 6.07) is 8.33. The first kappa shape index (κ1) is 15.8. The van der Waals surface area contributed by atoms with E-state index in [0.717, 1.165) is 0 Å². The van der Waals surface area contributed by atoms with E-state index in [4.69, 9.17) is 15.2 Å². The quantitative estimate of drug-likeness (QED) is 0.880. The molecule has 7 heteroatoms. The molecule has 1 aromatic carbocycles. The highest BCUT2D eigenvalue weighted by molar-refractivity contribution is 7.93. The van der Waals surface area contributed by atoms with Crippen molar-refractivity contribution in [2.45, 2.75) is 9.46 Å². The second-order valence-electron chi connectivity index (χ2n) is 4.32. The van der Waals surface area contributed by atoms with Crippen LogP contribution in [0.1, 0.15) is 10.8 Å². The summed E-state index contributed by atoms with van der Waals surface area (Å²) in [6.07, 6.45) is 0. The zero-order valence-corrected chi connectivity index (χ0v) is 13.4. The molecule has 2 aromatic rings. The molecule has 2 rings (SSSR count). The molecule has 21 heavy (non-hydrogen) atoms. The molecule has 1 aromatic heterocycles. The van der Waals surface area contributed by atoms with Crippen LogP contribution in [0.5, 0.6) is 11.5 Å². The van der Waals surface area contributed by atoms with Crippen molar-refractivity contribution >= 4 is 21.2 Å². The van der Waals surface area contributed by atoms with Gasteiger partial charge in [-0.15, -0.1) is 11.3 Å². The third kappa shape index (κ3) is 3.04. The van der Waals surface area contributed by atoms with Crippen LogP contribution < -0.4 is 15.2 Å². The van der Waals surface area contributed by atoms with Gasteiger partial charge in [-0.25, -0.2) is 8.42 Å². The van der Waals surface area contributed by atoms with Crippen LogP contribution >= 0.6 is 11.3 Å². The molecule has 5 nitrogen and oxygen atoms in total. The second kappa shape index (κ2) is 6.46. The fraction of sp³-hybridized carbons (Fsp3) is 0.286. The Bertz CT molecular complexity index is 696. The fourth-order valence-electron chi connectivity index (χ4n) is 2.06. The second-order valence-corrected chi connectivity index (χ2v) is 7.62. The van der Waals surface area contributed by atoms with Crippen molar-refractivity contribution in [1.82, 2.24) is 0 Å². The maximum atomic E-state index is 12.6. The summed E-state index contributed by atoms with van der Waals surface area (Å²) in [5.74, 6) is 1.03. The Balaban J connectivity index is 2.47. The molecule has 0 radical (unpaired) electrons. The van der Waals surface area contributed by atoms with Crippen LogP contribution in [0, 0.1) is 0 Å². The van der Waals surface area contributed by atoms with E-state index >= 15 is 0 Å². The van der Waals surface area contributed by atoms with Crippen molar-refractivity contribution in [1.29, 1.82) is 0 Å². The maximum absolute atomic E-state index is 12.6. The summed E-state index contributed by atoms with van der Waals surface area (Å²) in [5.41, 5.74) is 6.30. The summed E-state index contributed by atoms with van der Waals surface area (Å²) >= 11 is 1.19. The largest absolute Gasteiger partial charge is 0.493 e. The highest BCUT2D eigenvalue weighted by atomic mass is 32.2. The Morgan fingerprint density at radius 3 is 2.43 bits per heavy atom. The summed E-state index contributed by atoms with van der Waals surface area (Å²) in [5, 5.41) is 0.922. The number of sulfone groups is 1. The van der Waals surface area contributed by atoms with Crippen molar-refractivity contribution in [3.63, 3.8) is 0 Å². The zero-order valence-electron chi connectivity index (χ0n) is 11.8. The smallest absolute Gasteiger partial charge is 0.195 e. The van der Waals surface area contributed by atoms with Gasteiger partial charge in [-0.05, 0) is 29.1 Å². The topological polar surface area (TPSA) is 78.6 Å². The maximum Gasteiger partial charge on any atom is 0.195 e. The SMILES string of the molecule is COc1ccc([C@H](CN)S(=O)(=O)c2cccs2)cc1OC. The number of ether oxygens (including phenoxy) is 2. The van der Waals surface area contributed by atoms with Gasteiger partial charge in [0.05, 0.1) is 14.2 Å². The number of methoxy groups -OCH3 is 2. The summed E-state index contributed by atoms with van der Waals surface area (Å²) in [4.78, 5) is 0. The lowest BCUT2D eigenvalue weighted by atomic mass is 10.1. The minimum atomic E-state index is -3.51. The number of nitrogens with two attached hydrogens (primary N) is 1. The van der Waals surface area contributed by atoms with Crippen molar-refractivity contribution < 1.29 is 17.9 Å². The van der Waals surface area contributed by atoms with Crippen molar-refractivity contribution in [2.75, 3.05) is 20.8 Å². The normalized spacial score (nSPS) is 12.9. The lowest BCUT2D eigenvalue weighted by molar-refractivity contribution is 0.354. The number of thiophene rings is 1. The van der Waals surface area contributed by atoms with Crippen LogP contribution in [-0.4, -0.2) is 29.2 Å². The molecule has 0 bridgehead atoms. The first-order chi connectivity index (χ1) is 10.0. The molecule has 114 valence electrons. The van der Waals surface area contributed by atoms with E-state index in [1.807, 2.05) is 0 Å². The molecule has 1 atom stereocenters. The van der Waals surface area contributed by atoms with E-state index in [2.05, 4.69) is 0 Å². The van der Waals surface area contributed by atoms with E-state index in [9.17, 15) is 8.42 Å². The molecule has 0 amide bonds. The van der Waals surface area contributed by atoms with Gasteiger partial charge in [0.2, 0.25) is 0 Å². The molecule has 0 aliphatic rings. The molecule has 0 aliphatic heterocycles. The molecule has 0 aliphatic carbocycles. The van der Waals surface area contributed by atoms with E-state index < -0.39 is 15.1 Å². The van der Waals surface area contributed by atoms with E-state index in [-0.39, 0.29) is 6.54 Å². The molecule has 0 saturated carbocycles. The summed E-state index contributed by atoms with van der Waals surface area (Å²) in [7, 11) is -0.473. The summed E-state index contributed by atoms with van der Waals surface area (Å²) < 4.78 is 36.0. The van der Waals surface area contributed by atoms with Crippen molar-refractivity contribution in [2.24, 2.45) is 5.73 Å². The first-order valence-corrected chi connectivity index (χ1v) is 8.66. The Morgan fingerprint density at radius 1 is 1.19 bits per heavy atom. The Kier molecular flexibility index (Phi) is 4.87. The van der Waals surface area contributed by atoms with Crippen LogP contribution in [0.3, 0.4) is 0 Å². The van der Waals surface area contributed by atoms with E-state index in [1.54, 1.807) is 35.7 Å². The van der Waals surface area contributed by atoms with Gasteiger partial charge in [0.25, 0.3) is 0 Å². The van der Waals surface area contributed by atoms with Gasteiger partial charge in [0.1, 0.15) is 9.46 Å². The third-order valence-electron chi connectivity index (χ3n) is 3.14. The Hall–Kier alpha value is -1.57. The van der Waals surface area contributed by atoms with Gasteiger partial charge in [-0.1, -0.05) is 12.1 Å². The number of hydrogen-bond acceptors (Lipinski definition) is 6. The van der Waals surface area contributed by atoms with Crippen LogP contribution in [0.2, 0.25) is 0 Å². The third-order valence-corrected chi connectivity index (χ3v) is 6.70. The minimum Gasteiger partial charge on any atom is -0.493 e. The highest BCUT2D eigenvalue weighted by Gasteiger charge is 2.29. The average molecular weight is 327 g/mol. The standard InChI is InChI=1S/C14H17NO4S2/c1-18-11-6-5-10(8-12(11)19-2)13(9-15)21(16,17)14-4-3-7-20-14/h3-8,13H,9,15H2,1-2H3/t13-/m0/s1. The van der Waals surface area contributed by atoms with Gasteiger partial charge < -0.3 is 15.2 Å². The molecular weight excluding hydrogens is 310 g/mol. The van der Waals surface area contributed by atoms with Gasteiger partial charge in [0, 0.05) is 6.54 Å². The number of benzene rings is 1. The Morgan fingerprint density at radius 2 is 1.90 bits per heavy atom. The molecule has 0 saturated heterocycles. The van der Waals surface area contributed by atoms with Crippen molar-refractivity contribution in [3.05, 3.63) is 41.3 Å². The molecule has 0 fully saturated rings. The average Bonchev–Trinajstić information content (AvgIpc) is 3.02. The first-order valence-electron chi connectivity index (χ1n) is 6.24. The highest BCUT2D eigenvalue weighted by Crippen LogP contribution is 2.35. The van der Waals surface area contributed by atoms with Gasteiger partial charge >= 0.3 is 0 Å². The molecule has 0 spiro atoms. The van der Waals surface area contributed by atoms with Gasteiger partial charge in [0.15, 0.2) is 21.3 Å². The molecule has 1 heterocycles. The summed E-state index contributed by atoms with van der Waals surface area (Å²) in [6.45, 7) is -0.00425. The predicted octanol–water partition coefficient (Wildman–Crippen LogP) is 2.24.